The largest absolute Gasteiger partial charge is 0.310 e. The molecule has 0 fully saturated rings. The van der Waals surface area contributed by atoms with Gasteiger partial charge < -0.3 is 5.32 Å². The first-order valence-electron chi connectivity index (χ1n) is 7.43. The Morgan fingerprint density at radius 3 is 2.57 bits per heavy atom. The Morgan fingerprint density at radius 1 is 1.14 bits per heavy atom. The number of hydrogen-bond acceptors (Lipinski definition) is 1. The smallest absolute Gasteiger partial charge is 0.141 e. The van der Waals surface area contributed by atoms with Gasteiger partial charge in [0.15, 0.2) is 0 Å². The van der Waals surface area contributed by atoms with Crippen molar-refractivity contribution < 1.29 is 4.39 Å². The SMILES string of the molecule is CCNC(CCCc1ccc(F)c(Cl)c1)c1ccccc1. The fourth-order valence-corrected chi connectivity index (χ4v) is 2.73. The molecule has 1 unspecified atom stereocenters. The fraction of sp³-hybridized carbons (Fsp3) is 0.333. The standard InChI is InChI=1S/C18H21ClFN/c1-2-21-18(15-8-4-3-5-9-15)10-6-7-14-11-12-17(20)16(19)13-14/h3-5,8-9,11-13,18,21H,2,6-7,10H2,1H3. The monoisotopic (exact) mass is 305 g/mol. The van der Waals surface area contributed by atoms with Crippen molar-refractivity contribution in [2.75, 3.05) is 6.54 Å². The molecule has 2 aromatic rings. The predicted octanol–water partition coefficient (Wildman–Crippen LogP) is 5.15. The molecule has 0 radical (unpaired) electrons. The Labute approximate surface area is 131 Å². The van der Waals surface area contributed by atoms with Gasteiger partial charge in [0, 0.05) is 6.04 Å². The minimum atomic E-state index is -0.352. The lowest BCUT2D eigenvalue weighted by molar-refractivity contribution is 0.498. The molecule has 0 aliphatic heterocycles. The quantitative estimate of drug-likeness (QED) is 0.745. The first kappa shape index (κ1) is 16.0. The third-order valence-electron chi connectivity index (χ3n) is 3.59. The second-order valence-corrected chi connectivity index (χ2v) is 5.57. The maximum absolute atomic E-state index is 13.1. The van der Waals surface area contributed by atoms with Crippen LogP contribution in [0.5, 0.6) is 0 Å². The van der Waals surface area contributed by atoms with Crippen molar-refractivity contribution in [3.8, 4) is 0 Å². The molecule has 0 aromatic heterocycles. The molecule has 1 atom stereocenters. The summed E-state index contributed by atoms with van der Waals surface area (Å²) in [7, 11) is 0. The van der Waals surface area contributed by atoms with Crippen molar-refractivity contribution in [3.05, 3.63) is 70.5 Å². The lowest BCUT2D eigenvalue weighted by Gasteiger charge is -2.18. The molecule has 2 rings (SSSR count). The van der Waals surface area contributed by atoms with Crippen LogP contribution in [0.4, 0.5) is 4.39 Å². The van der Waals surface area contributed by atoms with Crippen LogP contribution < -0.4 is 5.32 Å². The van der Waals surface area contributed by atoms with Crippen molar-refractivity contribution in [1.29, 1.82) is 0 Å². The highest BCUT2D eigenvalue weighted by Crippen LogP contribution is 2.21. The Morgan fingerprint density at radius 2 is 1.90 bits per heavy atom. The van der Waals surface area contributed by atoms with Gasteiger partial charge in [0.25, 0.3) is 0 Å². The van der Waals surface area contributed by atoms with E-state index in [0.717, 1.165) is 31.4 Å². The van der Waals surface area contributed by atoms with E-state index in [-0.39, 0.29) is 10.8 Å². The molecule has 2 aromatic carbocycles. The van der Waals surface area contributed by atoms with Crippen LogP contribution >= 0.6 is 11.6 Å². The molecule has 1 N–H and O–H groups in total. The fourth-order valence-electron chi connectivity index (χ4n) is 2.52. The van der Waals surface area contributed by atoms with E-state index in [0.29, 0.717) is 6.04 Å². The summed E-state index contributed by atoms with van der Waals surface area (Å²) in [6, 6.07) is 15.8. The summed E-state index contributed by atoms with van der Waals surface area (Å²) in [5.41, 5.74) is 2.40. The maximum atomic E-state index is 13.1. The van der Waals surface area contributed by atoms with Crippen LogP contribution in [0.15, 0.2) is 48.5 Å². The van der Waals surface area contributed by atoms with Crippen molar-refractivity contribution in [1.82, 2.24) is 5.32 Å². The molecule has 1 nitrogen and oxygen atoms in total. The summed E-state index contributed by atoms with van der Waals surface area (Å²) in [6.07, 6.45) is 3.00. The Bertz CT molecular complexity index is 556. The normalized spacial score (nSPS) is 12.3. The average Bonchev–Trinajstić information content (AvgIpc) is 2.51. The van der Waals surface area contributed by atoms with Gasteiger partial charge in [-0.05, 0) is 49.1 Å². The van der Waals surface area contributed by atoms with Crippen LogP contribution in [0.3, 0.4) is 0 Å². The summed E-state index contributed by atoms with van der Waals surface area (Å²) in [6.45, 7) is 3.07. The predicted molar refractivity (Wildman–Crippen MR) is 87.2 cm³/mol. The molecule has 0 aliphatic rings. The van der Waals surface area contributed by atoms with E-state index in [1.807, 2.05) is 12.1 Å². The molecule has 21 heavy (non-hydrogen) atoms. The number of benzene rings is 2. The highest BCUT2D eigenvalue weighted by Gasteiger charge is 2.09. The zero-order chi connectivity index (χ0) is 15.1. The molecule has 0 aliphatic carbocycles. The average molecular weight is 306 g/mol. The van der Waals surface area contributed by atoms with Crippen LogP contribution in [0, 0.1) is 5.82 Å². The summed E-state index contributed by atoms with van der Waals surface area (Å²) >= 11 is 5.81. The summed E-state index contributed by atoms with van der Waals surface area (Å²) < 4.78 is 13.1. The van der Waals surface area contributed by atoms with Crippen molar-refractivity contribution >= 4 is 11.6 Å². The molecule has 3 heteroatoms. The molecule has 0 amide bonds. The topological polar surface area (TPSA) is 12.0 Å². The Balaban J connectivity index is 1.91. The third kappa shape index (κ3) is 4.83. The van der Waals surface area contributed by atoms with Crippen LogP contribution in [-0.4, -0.2) is 6.54 Å². The molecule has 0 heterocycles. The van der Waals surface area contributed by atoms with Crippen LogP contribution in [0.1, 0.15) is 36.9 Å². The van der Waals surface area contributed by atoms with E-state index in [1.165, 1.54) is 11.6 Å². The first-order chi connectivity index (χ1) is 10.2. The second kappa shape index (κ2) is 8.16. The van der Waals surface area contributed by atoms with E-state index in [2.05, 4.69) is 36.5 Å². The van der Waals surface area contributed by atoms with E-state index < -0.39 is 0 Å². The zero-order valence-electron chi connectivity index (χ0n) is 12.3. The second-order valence-electron chi connectivity index (χ2n) is 5.16. The maximum Gasteiger partial charge on any atom is 0.141 e. The van der Waals surface area contributed by atoms with E-state index in [9.17, 15) is 4.39 Å². The minimum Gasteiger partial charge on any atom is -0.310 e. The number of nitrogens with one attached hydrogen (secondary N) is 1. The van der Waals surface area contributed by atoms with Gasteiger partial charge in [-0.1, -0.05) is 54.9 Å². The van der Waals surface area contributed by atoms with Crippen molar-refractivity contribution in [2.45, 2.75) is 32.2 Å². The highest BCUT2D eigenvalue weighted by molar-refractivity contribution is 6.30. The van der Waals surface area contributed by atoms with Gasteiger partial charge in [-0.2, -0.15) is 0 Å². The van der Waals surface area contributed by atoms with E-state index in [1.54, 1.807) is 6.07 Å². The summed E-state index contributed by atoms with van der Waals surface area (Å²) in [5.74, 6) is -0.352. The number of rotatable bonds is 7. The van der Waals surface area contributed by atoms with Crippen LogP contribution in [0.25, 0.3) is 0 Å². The Hall–Kier alpha value is -1.38. The van der Waals surface area contributed by atoms with Crippen molar-refractivity contribution in [3.63, 3.8) is 0 Å². The van der Waals surface area contributed by atoms with Gasteiger partial charge in [0.2, 0.25) is 0 Å². The number of halogens is 2. The molecular formula is C18H21ClFN. The molecule has 0 saturated heterocycles. The number of hydrogen-bond donors (Lipinski definition) is 1. The molecule has 0 spiro atoms. The van der Waals surface area contributed by atoms with Gasteiger partial charge in [-0.15, -0.1) is 0 Å². The highest BCUT2D eigenvalue weighted by atomic mass is 35.5. The lowest BCUT2D eigenvalue weighted by Crippen LogP contribution is -2.20. The lowest BCUT2D eigenvalue weighted by atomic mass is 9.99. The van der Waals surface area contributed by atoms with Gasteiger partial charge in [0.05, 0.1) is 5.02 Å². The molecule has 0 bridgehead atoms. The minimum absolute atomic E-state index is 0.207. The van der Waals surface area contributed by atoms with E-state index >= 15 is 0 Å². The van der Waals surface area contributed by atoms with Crippen molar-refractivity contribution in [2.24, 2.45) is 0 Å². The van der Waals surface area contributed by atoms with Crippen LogP contribution in [0.2, 0.25) is 5.02 Å². The van der Waals surface area contributed by atoms with Gasteiger partial charge in [-0.3, -0.25) is 0 Å². The molecule has 112 valence electrons. The summed E-state index contributed by atoms with van der Waals surface area (Å²) in [5, 5.41) is 3.73. The third-order valence-corrected chi connectivity index (χ3v) is 3.88. The van der Waals surface area contributed by atoms with Gasteiger partial charge in [0.1, 0.15) is 5.82 Å². The summed E-state index contributed by atoms with van der Waals surface area (Å²) in [4.78, 5) is 0. The Kier molecular flexibility index (Phi) is 6.21. The number of aryl methyl sites for hydroxylation is 1. The first-order valence-corrected chi connectivity index (χ1v) is 7.80. The molecule has 0 saturated carbocycles. The zero-order valence-corrected chi connectivity index (χ0v) is 13.0. The van der Waals surface area contributed by atoms with Crippen LogP contribution in [-0.2, 0) is 6.42 Å². The van der Waals surface area contributed by atoms with Gasteiger partial charge >= 0.3 is 0 Å². The molecular weight excluding hydrogens is 285 g/mol. The van der Waals surface area contributed by atoms with E-state index in [4.69, 9.17) is 11.6 Å². The van der Waals surface area contributed by atoms with Gasteiger partial charge in [-0.25, -0.2) is 4.39 Å².